The fourth-order valence-corrected chi connectivity index (χ4v) is 2.85. The first-order valence-electron chi connectivity index (χ1n) is 7.51. The zero-order valence-electron chi connectivity index (χ0n) is 14.1. The van der Waals surface area contributed by atoms with Gasteiger partial charge in [-0.25, -0.2) is 4.98 Å². The average Bonchev–Trinajstić information content (AvgIpc) is 2.50. The maximum Gasteiger partial charge on any atom is 0.416 e. The van der Waals surface area contributed by atoms with Crippen LogP contribution in [0.15, 0.2) is 24.3 Å². The zero-order valence-corrected chi connectivity index (χ0v) is 14.9. The van der Waals surface area contributed by atoms with Crippen LogP contribution < -0.4 is 11.5 Å². The number of aromatic nitrogens is 3. The molecular formula is C17H17ClF3N5. The number of anilines is 2. The second-order valence-electron chi connectivity index (χ2n) is 5.84. The first-order chi connectivity index (χ1) is 11.7. The second-order valence-corrected chi connectivity index (χ2v) is 5.84. The third-order valence-corrected chi connectivity index (χ3v) is 4.14. The van der Waals surface area contributed by atoms with Gasteiger partial charge in [-0.05, 0) is 49.1 Å². The minimum absolute atomic E-state index is 0. The van der Waals surface area contributed by atoms with Crippen LogP contribution in [-0.4, -0.2) is 15.0 Å². The molecule has 0 saturated heterocycles. The lowest BCUT2D eigenvalue weighted by Gasteiger charge is -2.14. The van der Waals surface area contributed by atoms with Gasteiger partial charge in [-0.3, -0.25) is 0 Å². The number of fused-ring (bicyclic) bond motifs is 1. The van der Waals surface area contributed by atoms with Crippen molar-refractivity contribution in [1.82, 2.24) is 15.0 Å². The Bertz CT molecular complexity index is 956. The summed E-state index contributed by atoms with van der Waals surface area (Å²) in [6, 6.07) is 5.09. The molecule has 0 fully saturated rings. The van der Waals surface area contributed by atoms with Crippen molar-refractivity contribution < 1.29 is 13.2 Å². The molecule has 0 aliphatic rings. The molecule has 5 nitrogen and oxygen atoms in total. The Morgan fingerprint density at radius 3 is 2.15 bits per heavy atom. The number of benzene rings is 1. The smallest absolute Gasteiger partial charge is 0.383 e. The van der Waals surface area contributed by atoms with Crippen molar-refractivity contribution in [3.8, 4) is 0 Å². The SMILES string of the molecule is Cc1nc2nc(N)nc(N)c2c(C)c1Cc1ccc(C(F)(F)F)cc1.Cl. The van der Waals surface area contributed by atoms with Crippen LogP contribution in [0, 0.1) is 13.8 Å². The van der Waals surface area contributed by atoms with Crippen LogP contribution in [0.5, 0.6) is 0 Å². The quantitative estimate of drug-likeness (QED) is 0.701. The number of nitrogens with zero attached hydrogens (tertiary/aromatic N) is 3. The van der Waals surface area contributed by atoms with Gasteiger partial charge in [-0.15, -0.1) is 12.4 Å². The van der Waals surface area contributed by atoms with Crippen molar-refractivity contribution in [2.75, 3.05) is 11.5 Å². The van der Waals surface area contributed by atoms with E-state index in [-0.39, 0.29) is 24.2 Å². The monoisotopic (exact) mass is 383 g/mol. The molecule has 2 aromatic heterocycles. The van der Waals surface area contributed by atoms with Crippen molar-refractivity contribution in [3.05, 3.63) is 52.2 Å². The van der Waals surface area contributed by atoms with Gasteiger partial charge in [-0.2, -0.15) is 23.1 Å². The van der Waals surface area contributed by atoms with Gasteiger partial charge in [0.15, 0.2) is 5.65 Å². The Morgan fingerprint density at radius 1 is 0.962 bits per heavy atom. The van der Waals surface area contributed by atoms with E-state index in [2.05, 4.69) is 15.0 Å². The van der Waals surface area contributed by atoms with Crippen LogP contribution in [0.4, 0.5) is 24.9 Å². The van der Waals surface area contributed by atoms with Crippen molar-refractivity contribution in [3.63, 3.8) is 0 Å². The number of alkyl halides is 3. The summed E-state index contributed by atoms with van der Waals surface area (Å²) in [5, 5.41) is 0.613. The molecule has 0 radical (unpaired) electrons. The summed E-state index contributed by atoms with van der Waals surface area (Å²) in [5.41, 5.74) is 14.5. The fraction of sp³-hybridized carbons (Fsp3) is 0.235. The van der Waals surface area contributed by atoms with Crippen molar-refractivity contribution in [2.24, 2.45) is 0 Å². The van der Waals surface area contributed by atoms with Crippen molar-refractivity contribution >= 4 is 35.2 Å². The Balaban J connectivity index is 0.00000243. The predicted octanol–water partition coefficient (Wildman–Crippen LogP) is 3.84. The number of nitrogen functional groups attached to an aromatic ring is 2. The molecule has 138 valence electrons. The summed E-state index contributed by atoms with van der Waals surface area (Å²) in [6.45, 7) is 3.69. The number of rotatable bonds is 2. The Kier molecular flexibility index (Phi) is 5.27. The summed E-state index contributed by atoms with van der Waals surface area (Å²) in [7, 11) is 0. The van der Waals surface area contributed by atoms with Gasteiger partial charge in [0.1, 0.15) is 5.82 Å². The summed E-state index contributed by atoms with van der Waals surface area (Å²) in [6.07, 6.45) is -3.91. The lowest BCUT2D eigenvalue weighted by atomic mass is 9.96. The highest BCUT2D eigenvalue weighted by molar-refractivity contribution is 5.90. The molecule has 3 aromatic rings. The molecule has 9 heteroatoms. The minimum Gasteiger partial charge on any atom is -0.383 e. The van der Waals surface area contributed by atoms with E-state index in [4.69, 9.17) is 11.5 Å². The zero-order chi connectivity index (χ0) is 18.4. The second kappa shape index (κ2) is 6.95. The summed E-state index contributed by atoms with van der Waals surface area (Å²) < 4.78 is 38.0. The normalized spacial score (nSPS) is 11.4. The molecule has 0 bridgehead atoms. The molecule has 0 aliphatic carbocycles. The Labute approximate surface area is 154 Å². The molecule has 0 aliphatic heterocycles. The Morgan fingerprint density at radius 2 is 1.58 bits per heavy atom. The number of nitrogens with two attached hydrogens (primary N) is 2. The summed E-state index contributed by atoms with van der Waals surface area (Å²) in [5.74, 6) is 0.285. The van der Waals surface area contributed by atoms with Crippen LogP contribution in [0.3, 0.4) is 0 Å². The van der Waals surface area contributed by atoms with Crippen LogP contribution in [0.1, 0.15) is 27.9 Å². The molecule has 26 heavy (non-hydrogen) atoms. The van der Waals surface area contributed by atoms with Gasteiger partial charge in [0, 0.05) is 5.69 Å². The molecule has 4 N–H and O–H groups in total. The lowest BCUT2D eigenvalue weighted by molar-refractivity contribution is -0.137. The standard InChI is InChI=1S/C17H16F3N5.ClH/c1-8-12(7-10-3-5-11(6-4-10)17(18,19)20)9(2)23-15-13(8)14(21)24-16(22)25-15;/h3-6H,7H2,1-2H3,(H4,21,22,23,24,25);1H. The van der Waals surface area contributed by atoms with Crippen LogP contribution in [0.25, 0.3) is 11.0 Å². The maximum atomic E-state index is 12.7. The van der Waals surface area contributed by atoms with Crippen LogP contribution in [-0.2, 0) is 12.6 Å². The van der Waals surface area contributed by atoms with E-state index < -0.39 is 11.7 Å². The van der Waals surface area contributed by atoms with Crippen LogP contribution >= 0.6 is 12.4 Å². The Hall–Kier alpha value is -2.61. The molecular weight excluding hydrogens is 367 g/mol. The number of halogens is 4. The third kappa shape index (κ3) is 3.65. The van der Waals surface area contributed by atoms with E-state index in [0.29, 0.717) is 17.5 Å². The average molecular weight is 384 g/mol. The van der Waals surface area contributed by atoms with Gasteiger partial charge >= 0.3 is 6.18 Å². The first kappa shape index (κ1) is 19.7. The molecule has 0 atom stereocenters. The molecule has 0 unspecified atom stereocenters. The number of hydrogen-bond acceptors (Lipinski definition) is 5. The lowest BCUT2D eigenvalue weighted by Crippen LogP contribution is -2.07. The minimum atomic E-state index is -4.35. The largest absolute Gasteiger partial charge is 0.416 e. The van der Waals surface area contributed by atoms with E-state index in [0.717, 1.165) is 34.5 Å². The number of hydrogen-bond donors (Lipinski definition) is 2. The van der Waals surface area contributed by atoms with Crippen molar-refractivity contribution in [2.45, 2.75) is 26.4 Å². The molecule has 0 saturated carbocycles. The van der Waals surface area contributed by atoms with Crippen molar-refractivity contribution in [1.29, 1.82) is 0 Å². The van der Waals surface area contributed by atoms with E-state index in [9.17, 15) is 13.2 Å². The van der Waals surface area contributed by atoms with E-state index in [1.54, 1.807) is 0 Å². The highest BCUT2D eigenvalue weighted by Crippen LogP contribution is 2.31. The van der Waals surface area contributed by atoms with Gasteiger partial charge in [-0.1, -0.05) is 12.1 Å². The summed E-state index contributed by atoms with van der Waals surface area (Å²) >= 11 is 0. The predicted molar refractivity (Wildman–Crippen MR) is 97.1 cm³/mol. The van der Waals surface area contributed by atoms with Gasteiger partial charge in [0.05, 0.1) is 10.9 Å². The first-order valence-corrected chi connectivity index (χ1v) is 7.51. The molecule has 1 aromatic carbocycles. The maximum absolute atomic E-state index is 12.7. The summed E-state index contributed by atoms with van der Waals surface area (Å²) in [4.78, 5) is 12.5. The van der Waals surface area contributed by atoms with Gasteiger partial charge < -0.3 is 11.5 Å². The van der Waals surface area contributed by atoms with E-state index >= 15 is 0 Å². The highest BCUT2D eigenvalue weighted by Gasteiger charge is 2.30. The van der Waals surface area contributed by atoms with E-state index in [1.165, 1.54) is 12.1 Å². The number of aryl methyl sites for hydroxylation is 2. The highest BCUT2D eigenvalue weighted by atomic mass is 35.5. The fourth-order valence-electron chi connectivity index (χ4n) is 2.85. The van der Waals surface area contributed by atoms with Gasteiger partial charge in [0.25, 0.3) is 0 Å². The molecule has 0 spiro atoms. The van der Waals surface area contributed by atoms with Crippen LogP contribution in [0.2, 0.25) is 0 Å². The number of pyridine rings is 1. The molecule has 2 heterocycles. The topological polar surface area (TPSA) is 90.7 Å². The molecule has 0 amide bonds. The van der Waals surface area contributed by atoms with Gasteiger partial charge in [0.2, 0.25) is 5.95 Å². The molecule has 3 rings (SSSR count). The third-order valence-electron chi connectivity index (χ3n) is 4.14. The van der Waals surface area contributed by atoms with E-state index in [1.807, 2.05) is 13.8 Å².